The molecule has 0 spiro atoms. The van der Waals surface area contributed by atoms with E-state index in [0.29, 0.717) is 28.2 Å². The first kappa shape index (κ1) is 22.2. The van der Waals surface area contributed by atoms with E-state index in [0.717, 1.165) is 15.2 Å². The lowest BCUT2D eigenvalue weighted by atomic mass is 10.0. The van der Waals surface area contributed by atoms with Gasteiger partial charge in [0.15, 0.2) is 0 Å². The first-order valence-electron chi connectivity index (χ1n) is 10.0. The zero-order chi connectivity index (χ0) is 23.2. The Morgan fingerprint density at radius 2 is 1.70 bits per heavy atom. The van der Waals surface area contributed by atoms with Gasteiger partial charge in [0.05, 0.1) is 18.9 Å². The smallest absolute Gasteiger partial charge is 0.343 e. The lowest BCUT2D eigenvalue weighted by molar-refractivity contribution is 0.0734. The summed E-state index contributed by atoms with van der Waals surface area (Å²) in [7, 11) is 1.56. The molecule has 164 valence electrons. The number of halogens is 1. The molecule has 4 rings (SSSR count). The fraction of sp³-hybridized carbons (Fsp3) is 0.0385. The summed E-state index contributed by atoms with van der Waals surface area (Å²) in [5, 5.41) is 5.88. The Balaban J connectivity index is 1.51. The highest BCUT2D eigenvalue weighted by molar-refractivity contribution is 9.10. The Bertz CT molecular complexity index is 1350. The van der Waals surface area contributed by atoms with Gasteiger partial charge in [0.25, 0.3) is 5.91 Å². The third-order valence-electron chi connectivity index (χ3n) is 4.90. The molecule has 6 nitrogen and oxygen atoms in total. The van der Waals surface area contributed by atoms with Crippen LogP contribution in [0.3, 0.4) is 0 Å². The second kappa shape index (κ2) is 10.1. The summed E-state index contributed by atoms with van der Waals surface area (Å²) in [5.41, 5.74) is 3.96. The van der Waals surface area contributed by atoms with E-state index in [1.807, 2.05) is 36.4 Å². The van der Waals surface area contributed by atoms with Gasteiger partial charge in [0.2, 0.25) is 0 Å². The predicted octanol–water partition coefficient (Wildman–Crippen LogP) is 5.59. The van der Waals surface area contributed by atoms with E-state index in [1.54, 1.807) is 55.6 Å². The molecule has 4 aromatic carbocycles. The van der Waals surface area contributed by atoms with Gasteiger partial charge >= 0.3 is 5.97 Å². The average molecular weight is 503 g/mol. The number of esters is 1. The summed E-state index contributed by atoms with van der Waals surface area (Å²) in [6.07, 6.45) is 1.43. The van der Waals surface area contributed by atoms with Crippen molar-refractivity contribution in [3.05, 3.63) is 106 Å². The number of amides is 1. The number of carbonyl (C=O) groups is 2. The Labute approximate surface area is 199 Å². The quantitative estimate of drug-likeness (QED) is 0.161. The maximum absolute atomic E-state index is 12.7. The van der Waals surface area contributed by atoms with Crippen LogP contribution in [-0.4, -0.2) is 25.2 Å². The van der Waals surface area contributed by atoms with Crippen LogP contribution in [0, 0.1) is 0 Å². The van der Waals surface area contributed by atoms with E-state index < -0.39 is 5.97 Å². The number of carbonyl (C=O) groups excluding carboxylic acids is 2. The van der Waals surface area contributed by atoms with Crippen LogP contribution in [0.1, 0.15) is 26.3 Å². The maximum atomic E-state index is 12.7. The number of methoxy groups -OCH3 is 1. The molecular weight excluding hydrogens is 484 g/mol. The first-order valence-corrected chi connectivity index (χ1v) is 10.8. The number of fused-ring (bicyclic) bond motifs is 1. The van der Waals surface area contributed by atoms with E-state index in [4.69, 9.17) is 9.47 Å². The van der Waals surface area contributed by atoms with Gasteiger partial charge < -0.3 is 9.47 Å². The molecule has 0 atom stereocenters. The number of nitrogens with zero attached hydrogens (tertiary/aromatic N) is 1. The molecule has 0 saturated heterocycles. The van der Waals surface area contributed by atoms with Crippen LogP contribution in [0.5, 0.6) is 11.5 Å². The Hall–Kier alpha value is -3.97. The average Bonchev–Trinajstić information content (AvgIpc) is 2.85. The topological polar surface area (TPSA) is 77.0 Å². The number of rotatable bonds is 6. The van der Waals surface area contributed by atoms with Crippen LogP contribution in [-0.2, 0) is 0 Å². The highest BCUT2D eigenvalue weighted by Gasteiger charge is 2.13. The van der Waals surface area contributed by atoms with Gasteiger partial charge in [-0.2, -0.15) is 5.10 Å². The second-order valence-electron chi connectivity index (χ2n) is 7.03. The van der Waals surface area contributed by atoms with Crippen molar-refractivity contribution in [1.82, 2.24) is 5.43 Å². The van der Waals surface area contributed by atoms with Gasteiger partial charge in [0, 0.05) is 15.6 Å². The molecule has 0 aromatic heterocycles. The van der Waals surface area contributed by atoms with Gasteiger partial charge in [-0.3, -0.25) is 4.79 Å². The SMILES string of the molecule is COc1ccc(C(=O)Oc2ccc(Br)cc2C=NNC(=O)c2cccc3ccccc23)cc1. The van der Waals surface area contributed by atoms with Gasteiger partial charge in [0.1, 0.15) is 11.5 Å². The number of nitrogens with one attached hydrogen (secondary N) is 1. The molecule has 0 aliphatic heterocycles. The first-order chi connectivity index (χ1) is 16.0. The van der Waals surface area contributed by atoms with Crippen molar-refractivity contribution in [2.24, 2.45) is 5.10 Å². The number of hydrogen-bond acceptors (Lipinski definition) is 5. The van der Waals surface area contributed by atoms with Gasteiger partial charge in [-0.1, -0.05) is 52.3 Å². The summed E-state index contributed by atoms with van der Waals surface area (Å²) in [5.74, 6) is 0.0939. The molecule has 0 heterocycles. The fourth-order valence-electron chi connectivity index (χ4n) is 3.24. The highest BCUT2D eigenvalue weighted by Crippen LogP contribution is 2.23. The van der Waals surface area contributed by atoms with Crippen molar-refractivity contribution in [3.8, 4) is 11.5 Å². The van der Waals surface area contributed by atoms with E-state index in [-0.39, 0.29) is 5.91 Å². The van der Waals surface area contributed by atoms with Crippen LogP contribution in [0.25, 0.3) is 10.8 Å². The standard InChI is InChI=1S/C26H19BrN2O4/c1-32-21-12-9-18(10-13-21)26(31)33-24-14-11-20(27)15-19(24)16-28-29-25(30)23-8-4-6-17-5-2-3-7-22(17)23/h2-16H,1H3,(H,29,30). The van der Waals surface area contributed by atoms with Crippen LogP contribution < -0.4 is 14.9 Å². The monoisotopic (exact) mass is 502 g/mol. The van der Waals surface area contributed by atoms with Crippen LogP contribution in [0.4, 0.5) is 0 Å². The summed E-state index contributed by atoms with van der Waals surface area (Å²) in [4.78, 5) is 25.2. The van der Waals surface area contributed by atoms with Gasteiger partial charge in [-0.15, -0.1) is 0 Å². The van der Waals surface area contributed by atoms with E-state index in [2.05, 4.69) is 26.5 Å². The van der Waals surface area contributed by atoms with Crippen molar-refractivity contribution in [2.45, 2.75) is 0 Å². The molecule has 1 N–H and O–H groups in total. The van der Waals surface area contributed by atoms with E-state index >= 15 is 0 Å². The minimum absolute atomic E-state index is 0.308. The lowest BCUT2D eigenvalue weighted by Gasteiger charge is -2.09. The Kier molecular flexibility index (Phi) is 6.80. The minimum Gasteiger partial charge on any atom is -0.497 e. The van der Waals surface area contributed by atoms with Crippen molar-refractivity contribution >= 4 is 44.8 Å². The number of hydrogen-bond donors (Lipinski definition) is 1. The van der Waals surface area contributed by atoms with Crippen molar-refractivity contribution in [1.29, 1.82) is 0 Å². The van der Waals surface area contributed by atoms with Crippen LogP contribution >= 0.6 is 15.9 Å². The molecule has 7 heteroatoms. The molecule has 0 unspecified atom stereocenters. The predicted molar refractivity (Wildman–Crippen MR) is 131 cm³/mol. The third-order valence-corrected chi connectivity index (χ3v) is 5.40. The zero-order valence-electron chi connectivity index (χ0n) is 17.6. The number of hydrazone groups is 1. The van der Waals surface area contributed by atoms with Crippen molar-refractivity contribution < 1.29 is 19.1 Å². The van der Waals surface area contributed by atoms with Gasteiger partial charge in [-0.05, 0) is 59.3 Å². The molecule has 0 aliphatic rings. The molecule has 33 heavy (non-hydrogen) atoms. The summed E-state index contributed by atoms with van der Waals surface area (Å²) in [6.45, 7) is 0. The summed E-state index contributed by atoms with van der Waals surface area (Å²) >= 11 is 3.40. The molecule has 4 aromatic rings. The molecular formula is C26H19BrN2O4. The molecule has 0 radical (unpaired) electrons. The van der Waals surface area contributed by atoms with Gasteiger partial charge in [-0.25, -0.2) is 10.2 Å². The molecule has 0 fully saturated rings. The lowest BCUT2D eigenvalue weighted by Crippen LogP contribution is -2.18. The molecule has 0 aliphatic carbocycles. The molecule has 0 bridgehead atoms. The Morgan fingerprint density at radius 3 is 2.48 bits per heavy atom. The number of ether oxygens (including phenoxy) is 2. The minimum atomic E-state index is -0.519. The number of benzene rings is 4. The fourth-order valence-corrected chi connectivity index (χ4v) is 3.62. The van der Waals surface area contributed by atoms with Crippen molar-refractivity contribution in [2.75, 3.05) is 7.11 Å². The van der Waals surface area contributed by atoms with Crippen LogP contribution in [0.15, 0.2) is 94.5 Å². The summed E-state index contributed by atoms with van der Waals surface area (Å²) in [6, 6.07) is 24.9. The summed E-state index contributed by atoms with van der Waals surface area (Å²) < 4.78 is 11.4. The molecule has 1 amide bonds. The second-order valence-corrected chi connectivity index (χ2v) is 7.94. The van der Waals surface area contributed by atoms with Crippen molar-refractivity contribution in [3.63, 3.8) is 0 Å². The molecule has 0 saturated carbocycles. The van der Waals surface area contributed by atoms with E-state index in [9.17, 15) is 9.59 Å². The largest absolute Gasteiger partial charge is 0.497 e. The highest BCUT2D eigenvalue weighted by atomic mass is 79.9. The maximum Gasteiger partial charge on any atom is 0.343 e. The zero-order valence-corrected chi connectivity index (χ0v) is 19.2. The third kappa shape index (κ3) is 5.27. The van der Waals surface area contributed by atoms with E-state index in [1.165, 1.54) is 6.21 Å². The van der Waals surface area contributed by atoms with Crippen LogP contribution in [0.2, 0.25) is 0 Å². The Morgan fingerprint density at radius 1 is 0.939 bits per heavy atom. The normalized spacial score (nSPS) is 10.8.